The van der Waals surface area contributed by atoms with Crippen molar-refractivity contribution in [1.82, 2.24) is 5.32 Å². The van der Waals surface area contributed by atoms with Crippen LogP contribution >= 0.6 is 0 Å². The van der Waals surface area contributed by atoms with Crippen molar-refractivity contribution < 1.29 is 19.1 Å². The summed E-state index contributed by atoms with van der Waals surface area (Å²) in [4.78, 5) is 36.6. The molecule has 0 fully saturated rings. The van der Waals surface area contributed by atoms with E-state index >= 15 is 0 Å². The van der Waals surface area contributed by atoms with Gasteiger partial charge in [0, 0.05) is 12.3 Å². The van der Waals surface area contributed by atoms with Crippen molar-refractivity contribution in [1.29, 1.82) is 5.26 Å². The van der Waals surface area contributed by atoms with Crippen molar-refractivity contribution in [3.8, 4) is 6.07 Å². The first-order valence-corrected chi connectivity index (χ1v) is 8.68. The third-order valence-electron chi connectivity index (χ3n) is 3.96. The van der Waals surface area contributed by atoms with E-state index in [9.17, 15) is 14.4 Å². The maximum atomic E-state index is 12.7. The summed E-state index contributed by atoms with van der Waals surface area (Å²) in [6.45, 7) is 3.89. The summed E-state index contributed by atoms with van der Waals surface area (Å²) in [5, 5.41) is 11.4. The molecule has 0 aliphatic heterocycles. The zero-order valence-corrected chi connectivity index (χ0v) is 15.5. The second kappa shape index (κ2) is 11.0. The molecule has 0 saturated heterocycles. The van der Waals surface area contributed by atoms with E-state index in [4.69, 9.17) is 10.00 Å². The van der Waals surface area contributed by atoms with Gasteiger partial charge in [0.05, 0.1) is 19.6 Å². The Kier molecular flexibility index (Phi) is 9.07. The highest BCUT2D eigenvalue weighted by Gasteiger charge is 2.28. The van der Waals surface area contributed by atoms with E-state index in [1.54, 1.807) is 0 Å². The molecule has 1 rings (SSSR count). The molecule has 0 spiro atoms. The Labute approximate surface area is 154 Å². The fourth-order valence-corrected chi connectivity index (χ4v) is 2.71. The average Bonchev–Trinajstić information content (AvgIpc) is 2.60. The molecule has 0 aromatic heterocycles. The third-order valence-corrected chi connectivity index (χ3v) is 3.96. The number of Topliss-reactive ketones (excluding diaryl/α,β-unsaturated/α-hetero) is 1. The molecular weight excluding hydrogens is 332 g/mol. The van der Waals surface area contributed by atoms with Crippen LogP contribution in [0.3, 0.4) is 0 Å². The van der Waals surface area contributed by atoms with E-state index in [0.717, 1.165) is 5.56 Å². The van der Waals surface area contributed by atoms with Crippen molar-refractivity contribution in [2.45, 2.75) is 45.6 Å². The lowest BCUT2D eigenvalue weighted by Crippen LogP contribution is -2.45. The summed E-state index contributed by atoms with van der Waals surface area (Å²) in [6, 6.07) is 10.4. The highest BCUT2D eigenvalue weighted by Crippen LogP contribution is 2.16. The number of ketones is 1. The summed E-state index contributed by atoms with van der Waals surface area (Å²) in [5.41, 5.74) is 0.913. The Hall–Kier alpha value is -2.68. The molecule has 0 aliphatic carbocycles. The van der Waals surface area contributed by atoms with Gasteiger partial charge in [0.2, 0.25) is 5.91 Å². The first-order chi connectivity index (χ1) is 12.4. The second-order valence-electron chi connectivity index (χ2n) is 6.68. The Morgan fingerprint density at radius 1 is 1.19 bits per heavy atom. The van der Waals surface area contributed by atoms with Crippen molar-refractivity contribution in [3.63, 3.8) is 0 Å². The number of hydrogen-bond acceptors (Lipinski definition) is 5. The van der Waals surface area contributed by atoms with Crippen molar-refractivity contribution in [2.24, 2.45) is 11.8 Å². The third kappa shape index (κ3) is 7.47. The number of nitrogens with zero attached hydrogens (tertiary/aromatic N) is 1. The van der Waals surface area contributed by atoms with Gasteiger partial charge < -0.3 is 10.1 Å². The van der Waals surface area contributed by atoms with E-state index in [-0.39, 0.29) is 30.4 Å². The topological polar surface area (TPSA) is 96.3 Å². The minimum absolute atomic E-state index is 0.0378. The Bertz CT molecular complexity index is 650. The number of amides is 1. The molecule has 1 aromatic carbocycles. The number of ether oxygens (including phenoxy) is 1. The van der Waals surface area contributed by atoms with Gasteiger partial charge in [-0.2, -0.15) is 5.26 Å². The molecule has 0 unspecified atom stereocenters. The molecule has 1 amide bonds. The van der Waals surface area contributed by atoms with E-state index in [2.05, 4.69) is 5.32 Å². The Morgan fingerprint density at radius 3 is 2.38 bits per heavy atom. The first-order valence-electron chi connectivity index (χ1n) is 8.68. The van der Waals surface area contributed by atoms with Gasteiger partial charge in [0.15, 0.2) is 0 Å². The zero-order valence-electron chi connectivity index (χ0n) is 15.5. The van der Waals surface area contributed by atoms with Gasteiger partial charge in [-0.05, 0) is 24.3 Å². The fourth-order valence-electron chi connectivity index (χ4n) is 2.71. The lowest BCUT2D eigenvalue weighted by molar-refractivity contribution is -0.146. The van der Waals surface area contributed by atoms with Gasteiger partial charge >= 0.3 is 5.97 Å². The standard InChI is InChI=1S/C20H26N2O4/c1-14(2)11-18(20(25)26-3)22-19(24)16(13-17(23)9-10-21)12-15-7-5-4-6-8-15/h4-8,14,16,18H,9,11-13H2,1-3H3,(H,22,24)/t16-,18+/m1/s1. The number of nitrogens with one attached hydrogen (secondary N) is 1. The van der Waals surface area contributed by atoms with Gasteiger partial charge in [0.25, 0.3) is 0 Å². The number of carbonyl (C=O) groups excluding carboxylic acids is 3. The molecule has 0 bridgehead atoms. The Morgan fingerprint density at radius 2 is 1.85 bits per heavy atom. The van der Waals surface area contributed by atoms with Crippen LogP contribution in [0.1, 0.15) is 38.7 Å². The quantitative estimate of drug-likeness (QED) is 0.648. The summed E-state index contributed by atoms with van der Waals surface area (Å²) in [6.07, 6.45) is 0.539. The van der Waals surface area contributed by atoms with Crippen LogP contribution in [-0.2, 0) is 25.5 Å². The van der Waals surface area contributed by atoms with E-state index in [1.807, 2.05) is 50.2 Å². The molecule has 6 heteroatoms. The summed E-state index contributed by atoms with van der Waals surface area (Å²) >= 11 is 0. The van der Waals surface area contributed by atoms with Crippen molar-refractivity contribution in [3.05, 3.63) is 35.9 Å². The number of nitriles is 1. The number of carbonyl (C=O) groups is 3. The van der Waals surface area contributed by atoms with Crippen molar-refractivity contribution >= 4 is 17.7 Å². The second-order valence-corrected chi connectivity index (χ2v) is 6.68. The van der Waals surface area contributed by atoms with Crippen LogP contribution < -0.4 is 5.32 Å². The van der Waals surface area contributed by atoms with Gasteiger partial charge in [-0.25, -0.2) is 4.79 Å². The molecule has 1 N–H and O–H groups in total. The molecular formula is C20H26N2O4. The van der Waals surface area contributed by atoms with Crippen LogP contribution in [0.25, 0.3) is 0 Å². The highest BCUT2D eigenvalue weighted by molar-refractivity contribution is 5.90. The summed E-state index contributed by atoms with van der Waals surface area (Å²) in [5.74, 6) is -1.63. The van der Waals surface area contributed by atoms with Crippen molar-refractivity contribution in [2.75, 3.05) is 7.11 Å². The summed E-state index contributed by atoms with van der Waals surface area (Å²) in [7, 11) is 1.28. The molecule has 1 aromatic rings. The predicted molar refractivity (Wildman–Crippen MR) is 96.9 cm³/mol. The fraction of sp³-hybridized carbons (Fsp3) is 0.500. The van der Waals surface area contributed by atoms with E-state index in [1.165, 1.54) is 7.11 Å². The smallest absolute Gasteiger partial charge is 0.328 e. The van der Waals surface area contributed by atoms with Crippen LogP contribution in [0.5, 0.6) is 0 Å². The van der Waals surface area contributed by atoms with E-state index < -0.39 is 17.9 Å². The molecule has 26 heavy (non-hydrogen) atoms. The lowest BCUT2D eigenvalue weighted by atomic mass is 9.92. The van der Waals surface area contributed by atoms with Gasteiger partial charge in [-0.15, -0.1) is 0 Å². The normalized spacial score (nSPS) is 12.7. The SMILES string of the molecule is COC(=O)[C@H](CC(C)C)NC(=O)[C@@H](CC(=O)CC#N)Cc1ccccc1. The van der Waals surface area contributed by atoms with Gasteiger partial charge in [0.1, 0.15) is 11.8 Å². The monoisotopic (exact) mass is 358 g/mol. The van der Waals surface area contributed by atoms with Crippen LogP contribution in [0, 0.1) is 23.2 Å². The summed E-state index contributed by atoms with van der Waals surface area (Å²) < 4.78 is 4.77. The van der Waals surface area contributed by atoms with Crippen LogP contribution in [-0.4, -0.2) is 30.8 Å². The highest BCUT2D eigenvalue weighted by atomic mass is 16.5. The zero-order chi connectivity index (χ0) is 19.5. The largest absolute Gasteiger partial charge is 0.467 e. The van der Waals surface area contributed by atoms with Crippen LogP contribution in [0.2, 0.25) is 0 Å². The number of hydrogen-bond donors (Lipinski definition) is 1. The maximum Gasteiger partial charge on any atom is 0.328 e. The molecule has 0 radical (unpaired) electrons. The molecule has 0 saturated carbocycles. The first kappa shape index (κ1) is 21.4. The van der Waals surface area contributed by atoms with Crippen LogP contribution in [0.4, 0.5) is 0 Å². The predicted octanol–water partition coefficient (Wildman–Crippen LogP) is 2.42. The molecule has 2 atom stereocenters. The molecule has 0 heterocycles. The molecule has 6 nitrogen and oxygen atoms in total. The number of esters is 1. The minimum Gasteiger partial charge on any atom is -0.467 e. The number of benzene rings is 1. The maximum absolute atomic E-state index is 12.7. The Balaban J connectivity index is 2.92. The minimum atomic E-state index is -0.753. The number of methoxy groups -OCH3 is 1. The molecule has 0 aliphatic rings. The number of rotatable bonds is 10. The average molecular weight is 358 g/mol. The van der Waals surface area contributed by atoms with E-state index in [0.29, 0.717) is 12.8 Å². The molecule has 140 valence electrons. The lowest BCUT2D eigenvalue weighted by Gasteiger charge is -2.22. The van der Waals surface area contributed by atoms with Crippen LogP contribution in [0.15, 0.2) is 30.3 Å². The van der Waals surface area contributed by atoms with Gasteiger partial charge in [-0.1, -0.05) is 44.2 Å². The van der Waals surface area contributed by atoms with Gasteiger partial charge in [-0.3, -0.25) is 9.59 Å².